The minimum atomic E-state index is -4.09. The van der Waals surface area contributed by atoms with Gasteiger partial charge in [-0.15, -0.1) is 0 Å². The van der Waals surface area contributed by atoms with Gasteiger partial charge in [0.05, 0.1) is 10.6 Å². The molecule has 0 saturated heterocycles. The number of anilines is 1. The lowest BCUT2D eigenvalue weighted by atomic mass is 9.95. The molecule has 1 N–H and O–H groups in total. The minimum absolute atomic E-state index is 0.0989. The molecule has 1 aliphatic rings. The van der Waals surface area contributed by atoms with Crippen molar-refractivity contribution in [2.75, 3.05) is 10.8 Å². The monoisotopic (exact) mass is 589 g/mol. The Labute approximate surface area is 251 Å². The molecule has 42 heavy (non-hydrogen) atoms. The number of carbonyl (C=O) groups is 2. The van der Waals surface area contributed by atoms with Gasteiger partial charge in [-0.2, -0.15) is 0 Å². The highest BCUT2D eigenvalue weighted by atomic mass is 32.2. The summed E-state index contributed by atoms with van der Waals surface area (Å²) in [6.07, 6.45) is 5.61. The smallest absolute Gasteiger partial charge is 0.264 e. The number of nitrogens with zero attached hydrogens (tertiary/aromatic N) is 2. The average molecular weight is 590 g/mol. The lowest BCUT2D eigenvalue weighted by Gasteiger charge is -2.34. The van der Waals surface area contributed by atoms with Gasteiger partial charge in [0.25, 0.3) is 10.0 Å². The zero-order valence-corrected chi connectivity index (χ0v) is 26.0. The van der Waals surface area contributed by atoms with Crippen LogP contribution in [0.1, 0.15) is 67.7 Å². The van der Waals surface area contributed by atoms with Crippen molar-refractivity contribution >= 4 is 27.5 Å². The third-order valence-electron chi connectivity index (χ3n) is 8.04. The predicted molar refractivity (Wildman–Crippen MR) is 168 cm³/mol. The molecule has 0 spiro atoms. The maximum absolute atomic E-state index is 14.3. The van der Waals surface area contributed by atoms with Gasteiger partial charge in [0.15, 0.2) is 0 Å². The molecule has 0 unspecified atom stereocenters. The van der Waals surface area contributed by atoms with E-state index in [1.165, 1.54) is 22.9 Å². The van der Waals surface area contributed by atoms with E-state index >= 15 is 0 Å². The summed E-state index contributed by atoms with van der Waals surface area (Å²) in [6, 6.07) is 20.9. The Morgan fingerprint density at radius 2 is 1.52 bits per heavy atom. The zero-order chi connectivity index (χ0) is 30.3. The van der Waals surface area contributed by atoms with E-state index in [0.29, 0.717) is 12.1 Å². The zero-order valence-electron chi connectivity index (χ0n) is 25.2. The fourth-order valence-corrected chi connectivity index (χ4v) is 7.17. The fraction of sp³-hybridized carbons (Fsp3) is 0.412. The highest BCUT2D eigenvalue weighted by molar-refractivity contribution is 7.92. The molecule has 0 aromatic heterocycles. The Morgan fingerprint density at radius 1 is 0.881 bits per heavy atom. The Balaban J connectivity index is 1.72. The van der Waals surface area contributed by atoms with E-state index in [0.717, 1.165) is 47.9 Å². The summed E-state index contributed by atoms with van der Waals surface area (Å²) in [5.41, 5.74) is 4.14. The Kier molecular flexibility index (Phi) is 10.4. The third-order valence-corrected chi connectivity index (χ3v) is 9.82. The Morgan fingerprint density at radius 3 is 2.14 bits per heavy atom. The number of rotatable bonds is 11. The normalized spacial score (nSPS) is 14.7. The van der Waals surface area contributed by atoms with Gasteiger partial charge in [-0.05, 0) is 69.4 Å². The van der Waals surface area contributed by atoms with Crippen LogP contribution in [0.4, 0.5) is 5.69 Å². The van der Waals surface area contributed by atoms with Gasteiger partial charge in [-0.25, -0.2) is 8.42 Å². The second-order valence-corrected chi connectivity index (χ2v) is 13.3. The predicted octanol–water partition coefficient (Wildman–Crippen LogP) is 6.06. The minimum Gasteiger partial charge on any atom is -0.352 e. The molecule has 1 aliphatic carbocycles. The van der Waals surface area contributed by atoms with Crippen molar-refractivity contribution < 1.29 is 18.0 Å². The summed E-state index contributed by atoms with van der Waals surface area (Å²) in [7, 11) is -4.09. The molecule has 224 valence electrons. The first-order valence-corrected chi connectivity index (χ1v) is 16.3. The fourth-order valence-electron chi connectivity index (χ4n) is 5.67. The van der Waals surface area contributed by atoms with Gasteiger partial charge in [0, 0.05) is 12.6 Å². The van der Waals surface area contributed by atoms with Gasteiger partial charge in [-0.1, -0.05) is 91.9 Å². The number of hydrogen-bond donors (Lipinski definition) is 1. The SMILES string of the molecule is CC[C@@H](C(=O)NC1CCCCC1)N(Cc1ccc(C)cc1)C(=O)CN(c1ccc(C)cc1C)S(=O)(=O)c1ccccc1. The molecule has 8 heteroatoms. The quantitative estimate of drug-likeness (QED) is 0.294. The largest absolute Gasteiger partial charge is 0.352 e. The number of hydrogen-bond acceptors (Lipinski definition) is 4. The topological polar surface area (TPSA) is 86.8 Å². The molecule has 0 radical (unpaired) electrons. The number of amides is 2. The van der Waals surface area contributed by atoms with Crippen molar-refractivity contribution in [1.29, 1.82) is 0 Å². The summed E-state index contributed by atoms with van der Waals surface area (Å²) in [5, 5.41) is 3.19. The van der Waals surface area contributed by atoms with Crippen LogP contribution in [0, 0.1) is 20.8 Å². The van der Waals surface area contributed by atoms with Crippen molar-refractivity contribution in [3.05, 3.63) is 95.1 Å². The van der Waals surface area contributed by atoms with Crippen molar-refractivity contribution in [1.82, 2.24) is 10.2 Å². The van der Waals surface area contributed by atoms with Crippen LogP contribution in [0.5, 0.6) is 0 Å². The van der Waals surface area contributed by atoms with Crippen LogP contribution in [-0.2, 0) is 26.2 Å². The molecule has 1 atom stereocenters. The summed E-state index contributed by atoms with van der Waals surface area (Å²) in [5.74, 6) is -0.616. The van der Waals surface area contributed by atoms with Crippen LogP contribution in [0.15, 0.2) is 77.7 Å². The average Bonchev–Trinajstić information content (AvgIpc) is 2.98. The van der Waals surface area contributed by atoms with E-state index in [1.807, 2.05) is 64.1 Å². The summed E-state index contributed by atoms with van der Waals surface area (Å²) in [6.45, 7) is 7.44. The number of carbonyl (C=O) groups excluding carboxylic acids is 2. The molecule has 0 heterocycles. The number of nitrogens with one attached hydrogen (secondary N) is 1. The molecule has 1 fully saturated rings. The van der Waals surface area contributed by atoms with Gasteiger partial charge >= 0.3 is 0 Å². The Hall–Kier alpha value is -3.65. The van der Waals surface area contributed by atoms with Crippen molar-refractivity contribution in [3.63, 3.8) is 0 Å². The molecular weight excluding hydrogens is 546 g/mol. The van der Waals surface area contributed by atoms with Gasteiger partial charge in [0.1, 0.15) is 12.6 Å². The lowest BCUT2D eigenvalue weighted by Crippen LogP contribution is -2.54. The molecule has 7 nitrogen and oxygen atoms in total. The number of aryl methyl sites for hydroxylation is 3. The molecule has 3 aromatic carbocycles. The van der Waals surface area contributed by atoms with Crippen LogP contribution in [0.25, 0.3) is 0 Å². The maximum Gasteiger partial charge on any atom is 0.264 e. The molecule has 1 saturated carbocycles. The number of benzene rings is 3. The second-order valence-electron chi connectivity index (χ2n) is 11.4. The summed E-state index contributed by atoms with van der Waals surface area (Å²) in [4.78, 5) is 29.6. The summed E-state index contributed by atoms with van der Waals surface area (Å²) < 4.78 is 29.3. The molecule has 0 aliphatic heterocycles. The summed E-state index contributed by atoms with van der Waals surface area (Å²) >= 11 is 0. The van der Waals surface area contributed by atoms with E-state index in [1.54, 1.807) is 29.2 Å². The first-order chi connectivity index (χ1) is 20.1. The van der Waals surface area contributed by atoms with Crippen molar-refractivity contribution in [2.24, 2.45) is 0 Å². The van der Waals surface area contributed by atoms with E-state index in [4.69, 9.17) is 0 Å². The Bertz CT molecular complexity index is 1470. The van der Waals surface area contributed by atoms with Crippen LogP contribution < -0.4 is 9.62 Å². The molecule has 0 bridgehead atoms. The third kappa shape index (κ3) is 7.59. The molecule has 3 aromatic rings. The molecule has 4 rings (SSSR count). The molecular formula is C34H43N3O4S. The highest BCUT2D eigenvalue weighted by Crippen LogP contribution is 2.28. The van der Waals surface area contributed by atoms with Crippen molar-refractivity contribution in [3.8, 4) is 0 Å². The molecule has 2 amide bonds. The van der Waals surface area contributed by atoms with Crippen LogP contribution in [0.2, 0.25) is 0 Å². The standard InChI is InChI=1S/C34H43N3O4S/c1-5-31(34(39)35-29-12-8-6-9-13-29)36(23-28-19-16-25(2)17-20-28)33(38)24-37(32-21-18-26(3)22-27(32)4)42(40,41)30-14-10-7-11-15-30/h7,10-11,14-22,29,31H,5-6,8-9,12-13,23-24H2,1-4H3,(H,35,39)/t31-/m0/s1. The van der Waals surface area contributed by atoms with E-state index in [2.05, 4.69) is 5.32 Å². The maximum atomic E-state index is 14.3. The van der Waals surface area contributed by atoms with E-state index in [-0.39, 0.29) is 23.4 Å². The van der Waals surface area contributed by atoms with Gasteiger partial charge in [0.2, 0.25) is 11.8 Å². The van der Waals surface area contributed by atoms with Crippen LogP contribution >= 0.6 is 0 Å². The van der Waals surface area contributed by atoms with Crippen molar-refractivity contribution in [2.45, 2.75) is 89.7 Å². The van der Waals surface area contributed by atoms with Gasteiger partial charge < -0.3 is 10.2 Å². The van der Waals surface area contributed by atoms with Gasteiger partial charge in [-0.3, -0.25) is 13.9 Å². The highest BCUT2D eigenvalue weighted by Gasteiger charge is 2.34. The van der Waals surface area contributed by atoms with Crippen LogP contribution in [-0.4, -0.2) is 43.8 Å². The first-order valence-electron chi connectivity index (χ1n) is 14.9. The second kappa shape index (κ2) is 14.0. The number of sulfonamides is 1. The van der Waals surface area contributed by atoms with Crippen LogP contribution in [0.3, 0.4) is 0 Å². The van der Waals surface area contributed by atoms with E-state index < -0.39 is 28.5 Å². The van der Waals surface area contributed by atoms with E-state index in [9.17, 15) is 18.0 Å². The first kappa shape index (κ1) is 31.3. The lowest BCUT2D eigenvalue weighted by molar-refractivity contribution is -0.140.